The van der Waals surface area contributed by atoms with Crippen molar-refractivity contribution < 1.29 is 27.5 Å². The molecule has 0 aliphatic heterocycles. The largest absolute Gasteiger partial charge is 0.481 e. The van der Waals surface area contributed by atoms with Crippen molar-refractivity contribution in [1.29, 1.82) is 0 Å². The summed E-state index contributed by atoms with van der Waals surface area (Å²) < 4.78 is 50.3. The topological polar surface area (TPSA) is 37.3 Å². The van der Waals surface area contributed by atoms with E-state index in [2.05, 4.69) is 0 Å². The van der Waals surface area contributed by atoms with Gasteiger partial charge in [0.05, 0.1) is 12.5 Å². The predicted octanol–water partition coefficient (Wildman–Crippen LogP) is 1.67. The molecule has 1 aromatic carbocycles. The van der Waals surface area contributed by atoms with Crippen molar-refractivity contribution >= 4 is 5.97 Å². The molecule has 75 valence electrons. The van der Waals surface area contributed by atoms with Crippen molar-refractivity contribution in [2.75, 3.05) is 0 Å². The highest BCUT2D eigenvalue weighted by molar-refractivity contribution is 5.70. The molecule has 0 aromatic heterocycles. The van der Waals surface area contributed by atoms with Gasteiger partial charge in [-0.25, -0.2) is 17.6 Å². The molecule has 0 aliphatic rings. The molecular weight excluding hydrogens is 204 g/mol. The van der Waals surface area contributed by atoms with Gasteiger partial charge in [0.25, 0.3) is 0 Å². The zero-order valence-electron chi connectivity index (χ0n) is 6.57. The van der Waals surface area contributed by atoms with Gasteiger partial charge in [-0.3, -0.25) is 4.79 Å². The van der Waals surface area contributed by atoms with Crippen LogP contribution in [0.1, 0.15) is 5.56 Å². The number of benzene rings is 1. The SMILES string of the molecule is O=C(O)Cc1c(F)c(F)[c]c(F)c1F. The van der Waals surface area contributed by atoms with Crippen molar-refractivity contribution in [1.82, 2.24) is 0 Å². The number of halogens is 4. The second-order valence-electron chi connectivity index (χ2n) is 2.43. The molecule has 1 N–H and O–H groups in total. The molecule has 0 heterocycles. The van der Waals surface area contributed by atoms with Gasteiger partial charge < -0.3 is 5.11 Å². The van der Waals surface area contributed by atoms with Gasteiger partial charge in [0.15, 0.2) is 23.3 Å². The minimum absolute atomic E-state index is 1.12. The van der Waals surface area contributed by atoms with Crippen LogP contribution in [0, 0.1) is 29.3 Å². The lowest BCUT2D eigenvalue weighted by atomic mass is 10.1. The maximum atomic E-state index is 12.7. The zero-order chi connectivity index (χ0) is 10.9. The first kappa shape index (κ1) is 10.5. The first-order valence-electron chi connectivity index (χ1n) is 3.39. The van der Waals surface area contributed by atoms with Gasteiger partial charge >= 0.3 is 5.97 Å². The minimum atomic E-state index is -1.74. The number of aliphatic carboxylic acids is 1. The lowest BCUT2D eigenvalue weighted by Crippen LogP contribution is -2.09. The molecule has 0 saturated heterocycles. The van der Waals surface area contributed by atoms with Crippen LogP contribution in [0.15, 0.2) is 0 Å². The van der Waals surface area contributed by atoms with Gasteiger partial charge in [-0.05, 0) is 0 Å². The van der Waals surface area contributed by atoms with E-state index >= 15 is 0 Å². The van der Waals surface area contributed by atoms with Gasteiger partial charge in [0, 0.05) is 5.56 Å². The van der Waals surface area contributed by atoms with E-state index in [-0.39, 0.29) is 0 Å². The molecule has 0 amide bonds. The summed E-state index contributed by atoms with van der Waals surface area (Å²) >= 11 is 0. The third-order valence-electron chi connectivity index (χ3n) is 1.46. The fraction of sp³-hybridized carbons (Fsp3) is 0.125. The van der Waals surface area contributed by atoms with Crippen molar-refractivity contribution in [3.63, 3.8) is 0 Å². The van der Waals surface area contributed by atoms with E-state index in [0.29, 0.717) is 0 Å². The van der Waals surface area contributed by atoms with E-state index in [1.54, 1.807) is 0 Å². The Labute approximate surface area is 75.8 Å². The molecule has 0 fully saturated rings. The number of carboxylic acid groups (broad SMARTS) is 1. The Bertz CT molecular complexity index is 363. The molecule has 0 bridgehead atoms. The van der Waals surface area contributed by atoms with E-state index in [1.807, 2.05) is 0 Å². The van der Waals surface area contributed by atoms with Gasteiger partial charge in [-0.2, -0.15) is 0 Å². The Morgan fingerprint density at radius 2 is 1.57 bits per heavy atom. The van der Waals surface area contributed by atoms with E-state index in [0.717, 1.165) is 6.07 Å². The summed E-state index contributed by atoms with van der Waals surface area (Å²) in [6, 6.07) is 1.14. The molecule has 14 heavy (non-hydrogen) atoms. The van der Waals surface area contributed by atoms with Crippen molar-refractivity contribution in [2.45, 2.75) is 6.42 Å². The maximum absolute atomic E-state index is 12.7. The maximum Gasteiger partial charge on any atom is 0.308 e. The molecular formula is C8H3F4O2. The van der Waals surface area contributed by atoms with Gasteiger partial charge in [-0.1, -0.05) is 0 Å². The first-order valence-corrected chi connectivity index (χ1v) is 3.39. The van der Waals surface area contributed by atoms with Crippen LogP contribution in [-0.2, 0) is 11.2 Å². The summed E-state index contributed by atoms with van der Waals surface area (Å²) in [5, 5.41) is 8.21. The highest BCUT2D eigenvalue weighted by Gasteiger charge is 2.21. The van der Waals surface area contributed by atoms with Crippen LogP contribution in [-0.4, -0.2) is 11.1 Å². The summed E-state index contributed by atoms with van der Waals surface area (Å²) in [6.07, 6.45) is -1.12. The summed E-state index contributed by atoms with van der Waals surface area (Å²) in [5.74, 6) is -8.52. The Hall–Kier alpha value is -1.59. The Morgan fingerprint density at radius 3 is 1.93 bits per heavy atom. The van der Waals surface area contributed by atoms with E-state index in [1.165, 1.54) is 0 Å². The van der Waals surface area contributed by atoms with Crippen molar-refractivity contribution in [3.8, 4) is 0 Å². The summed E-state index contributed by atoms with van der Waals surface area (Å²) in [6.45, 7) is 0. The minimum Gasteiger partial charge on any atom is -0.481 e. The third-order valence-corrected chi connectivity index (χ3v) is 1.46. The highest BCUT2D eigenvalue weighted by Crippen LogP contribution is 2.19. The highest BCUT2D eigenvalue weighted by atomic mass is 19.2. The summed E-state index contributed by atoms with van der Waals surface area (Å²) in [5.41, 5.74) is -1.15. The molecule has 1 rings (SSSR count). The Morgan fingerprint density at radius 1 is 1.14 bits per heavy atom. The van der Waals surface area contributed by atoms with Crippen LogP contribution < -0.4 is 0 Å². The first-order chi connectivity index (χ1) is 6.43. The van der Waals surface area contributed by atoms with Crippen LogP contribution in [0.3, 0.4) is 0 Å². The molecule has 0 atom stereocenters. The van der Waals surface area contributed by atoms with Crippen LogP contribution in [0.25, 0.3) is 0 Å². The molecule has 0 aliphatic carbocycles. The van der Waals surface area contributed by atoms with Crippen LogP contribution >= 0.6 is 0 Å². The Kier molecular flexibility index (Phi) is 2.73. The number of rotatable bonds is 2. The van der Waals surface area contributed by atoms with E-state index in [9.17, 15) is 22.4 Å². The summed E-state index contributed by atoms with van der Waals surface area (Å²) in [7, 11) is 0. The molecule has 1 aromatic rings. The third kappa shape index (κ3) is 1.84. The molecule has 0 saturated carbocycles. The standard InChI is InChI=1S/C8H3F4O2/c9-4-2-5(10)8(12)3(7(4)11)1-6(13)14/h1H2,(H,13,14). The summed E-state index contributed by atoms with van der Waals surface area (Å²) in [4.78, 5) is 10.1. The quantitative estimate of drug-likeness (QED) is 0.591. The van der Waals surface area contributed by atoms with E-state index < -0.39 is 41.2 Å². The number of hydrogen-bond donors (Lipinski definition) is 1. The fourth-order valence-electron chi connectivity index (χ4n) is 0.874. The number of carbonyl (C=O) groups is 1. The van der Waals surface area contributed by atoms with E-state index in [4.69, 9.17) is 5.11 Å². The lowest BCUT2D eigenvalue weighted by molar-refractivity contribution is -0.136. The van der Waals surface area contributed by atoms with Crippen LogP contribution in [0.2, 0.25) is 0 Å². The number of carboxylic acids is 1. The molecule has 0 spiro atoms. The van der Waals surface area contributed by atoms with Gasteiger partial charge in [-0.15, -0.1) is 0 Å². The van der Waals surface area contributed by atoms with Gasteiger partial charge in [0.1, 0.15) is 0 Å². The molecule has 6 heteroatoms. The number of hydrogen-bond acceptors (Lipinski definition) is 1. The normalized spacial score (nSPS) is 10.3. The van der Waals surface area contributed by atoms with Crippen LogP contribution in [0.4, 0.5) is 17.6 Å². The zero-order valence-corrected chi connectivity index (χ0v) is 6.57. The average Bonchev–Trinajstić information content (AvgIpc) is 2.09. The molecule has 2 nitrogen and oxygen atoms in total. The Balaban J connectivity index is 3.31. The van der Waals surface area contributed by atoms with Crippen molar-refractivity contribution in [2.24, 2.45) is 0 Å². The lowest BCUT2D eigenvalue weighted by Gasteiger charge is -2.03. The molecule has 1 radical (unpaired) electrons. The second-order valence-corrected chi connectivity index (χ2v) is 2.43. The van der Waals surface area contributed by atoms with Crippen LogP contribution in [0.5, 0.6) is 0 Å². The smallest absolute Gasteiger partial charge is 0.308 e. The average molecular weight is 207 g/mol. The fourth-order valence-corrected chi connectivity index (χ4v) is 0.874. The second kappa shape index (κ2) is 3.65. The monoisotopic (exact) mass is 207 g/mol. The van der Waals surface area contributed by atoms with Crippen molar-refractivity contribution in [3.05, 3.63) is 34.9 Å². The van der Waals surface area contributed by atoms with Gasteiger partial charge in [0.2, 0.25) is 0 Å². The predicted molar refractivity (Wildman–Crippen MR) is 36.4 cm³/mol. The molecule has 0 unspecified atom stereocenters.